The molecule has 1 atom stereocenters. The number of amides is 1. The number of fused-ring (bicyclic) bond motifs is 1. The number of halogens is 2. The molecule has 6 heteroatoms. The quantitative estimate of drug-likeness (QED) is 0.667. The average molecular weight is 378 g/mol. The van der Waals surface area contributed by atoms with Crippen molar-refractivity contribution in [3.63, 3.8) is 0 Å². The van der Waals surface area contributed by atoms with E-state index in [0.717, 1.165) is 16.5 Å². The monoisotopic (exact) mass is 377 g/mol. The van der Waals surface area contributed by atoms with Crippen molar-refractivity contribution in [2.75, 3.05) is 7.11 Å². The summed E-state index contributed by atoms with van der Waals surface area (Å²) in [5.74, 6) is 0.614. The van der Waals surface area contributed by atoms with Crippen LogP contribution in [0.25, 0.3) is 11.0 Å². The van der Waals surface area contributed by atoms with Gasteiger partial charge in [0, 0.05) is 17.0 Å². The molecule has 0 aliphatic heterocycles. The minimum atomic E-state index is -0.180. The first-order valence-corrected chi connectivity index (χ1v) is 8.52. The number of rotatable bonds is 5. The Morgan fingerprint density at radius 2 is 2.00 bits per heavy atom. The number of furan rings is 1. The maximum absolute atomic E-state index is 12.4. The number of hydrogen-bond acceptors (Lipinski definition) is 3. The minimum absolute atomic E-state index is 0.0999. The van der Waals surface area contributed by atoms with E-state index in [1.165, 1.54) is 0 Å². The van der Waals surface area contributed by atoms with E-state index in [1.807, 2.05) is 25.1 Å². The fourth-order valence-corrected chi connectivity index (χ4v) is 2.96. The highest BCUT2D eigenvalue weighted by molar-refractivity contribution is 6.42. The number of carbonyl (C=O) groups is 1. The summed E-state index contributed by atoms with van der Waals surface area (Å²) >= 11 is 12.0. The van der Waals surface area contributed by atoms with Crippen LogP contribution >= 0.6 is 23.2 Å². The Kier molecular flexibility index (Phi) is 5.21. The van der Waals surface area contributed by atoms with Gasteiger partial charge in [-0.25, -0.2) is 0 Å². The van der Waals surface area contributed by atoms with Gasteiger partial charge in [0.15, 0.2) is 0 Å². The lowest BCUT2D eigenvalue weighted by atomic mass is 10.1. The first-order valence-electron chi connectivity index (χ1n) is 7.76. The van der Waals surface area contributed by atoms with Gasteiger partial charge in [-0.3, -0.25) is 4.79 Å². The smallest absolute Gasteiger partial charge is 0.225 e. The predicted octanol–water partition coefficient (Wildman–Crippen LogP) is 5.17. The highest BCUT2D eigenvalue weighted by Gasteiger charge is 2.14. The number of methoxy groups -OCH3 is 1. The zero-order valence-corrected chi connectivity index (χ0v) is 15.3. The third kappa shape index (κ3) is 3.91. The van der Waals surface area contributed by atoms with Crippen LogP contribution in [0.3, 0.4) is 0 Å². The molecule has 3 aromatic rings. The molecule has 0 saturated carbocycles. The van der Waals surface area contributed by atoms with Crippen LogP contribution in [-0.2, 0) is 11.2 Å². The van der Waals surface area contributed by atoms with Crippen molar-refractivity contribution in [2.24, 2.45) is 0 Å². The van der Waals surface area contributed by atoms with E-state index in [4.69, 9.17) is 32.4 Å². The predicted molar refractivity (Wildman–Crippen MR) is 99.5 cm³/mol. The molecule has 2 aromatic carbocycles. The molecule has 0 saturated heterocycles. The van der Waals surface area contributed by atoms with E-state index in [9.17, 15) is 4.79 Å². The van der Waals surface area contributed by atoms with Gasteiger partial charge in [-0.2, -0.15) is 0 Å². The van der Waals surface area contributed by atoms with Crippen molar-refractivity contribution < 1.29 is 13.9 Å². The number of hydrogen-bond donors (Lipinski definition) is 1. The lowest BCUT2D eigenvalue weighted by Crippen LogP contribution is -2.28. The summed E-state index contributed by atoms with van der Waals surface area (Å²) in [6.45, 7) is 1.90. The minimum Gasteiger partial charge on any atom is -0.497 e. The van der Waals surface area contributed by atoms with Crippen molar-refractivity contribution in [3.8, 4) is 5.75 Å². The SMILES string of the molecule is COc1ccc2c(CC(=O)NC(C)c3ccc(Cl)c(Cl)c3)coc2c1. The van der Waals surface area contributed by atoms with Crippen LogP contribution in [0.2, 0.25) is 10.0 Å². The topological polar surface area (TPSA) is 51.5 Å². The molecule has 0 radical (unpaired) electrons. The Morgan fingerprint density at radius 1 is 1.20 bits per heavy atom. The van der Waals surface area contributed by atoms with Gasteiger partial charge in [-0.05, 0) is 36.8 Å². The Labute approximate surface area is 155 Å². The summed E-state index contributed by atoms with van der Waals surface area (Å²) in [4.78, 5) is 12.4. The van der Waals surface area contributed by atoms with Crippen molar-refractivity contribution in [1.29, 1.82) is 0 Å². The molecule has 0 aliphatic rings. The van der Waals surface area contributed by atoms with E-state index in [2.05, 4.69) is 5.32 Å². The van der Waals surface area contributed by atoms with E-state index >= 15 is 0 Å². The number of benzene rings is 2. The largest absolute Gasteiger partial charge is 0.497 e. The normalized spacial score (nSPS) is 12.2. The molecule has 3 rings (SSSR count). The highest BCUT2D eigenvalue weighted by atomic mass is 35.5. The fourth-order valence-electron chi connectivity index (χ4n) is 2.66. The van der Waals surface area contributed by atoms with Gasteiger partial charge in [0.2, 0.25) is 5.91 Å². The molecule has 1 aromatic heterocycles. The van der Waals surface area contributed by atoms with Gasteiger partial charge in [0.05, 0.1) is 35.9 Å². The van der Waals surface area contributed by atoms with Crippen LogP contribution < -0.4 is 10.1 Å². The third-order valence-corrected chi connectivity index (χ3v) is 4.77. The van der Waals surface area contributed by atoms with E-state index < -0.39 is 0 Å². The number of ether oxygens (including phenoxy) is 1. The van der Waals surface area contributed by atoms with Crippen molar-refractivity contribution in [3.05, 3.63) is 63.8 Å². The van der Waals surface area contributed by atoms with Crippen molar-refractivity contribution in [2.45, 2.75) is 19.4 Å². The van der Waals surface area contributed by atoms with Crippen LogP contribution in [0.15, 0.2) is 47.1 Å². The molecule has 25 heavy (non-hydrogen) atoms. The molecule has 4 nitrogen and oxygen atoms in total. The molecule has 1 heterocycles. The highest BCUT2D eigenvalue weighted by Crippen LogP contribution is 2.27. The van der Waals surface area contributed by atoms with Gasteiger partial charge in [0.25, 0.3) is 0 Å². The molecule has 0 aliphatic carbocycles. The molecule has 130 valence electrons. The summed E-state index contributed by atoms with van der Waals surface area (Å²) < 4.78 is 10.7. The Hall–Kier alpha value is -2.17. The molecule has 0 fully saturated rings. The first kappa shape index (κ1) is 17.6. The van der Waals surface area contributed by atoms with Crippen LogP contribution in [0.1, 0.15) is 24.1 Å². The molecular formula is C19H17Cl2NO3. The number of nitrogens with one attached hydrogen (secondary N) is 1. The standard InChI is InChI=1S/C19H17Cl2NO3/c1-11(12-3-6-16(20)17(21)7-12)22-19(23)8-13-10-25-18-9-14(24-2)4-5-15(13)18/h3-7,9-11H,8H2,1-2H3,(H,22,23). The summed E-state index contributed by atoms with van der Waals surface area (Å²) in [6.07, 6.45) is 1.83. The first-order chi connectivity index (χ1) is 12.0. The van der Waals surface area contributed by atoms with Crippen molar-refractivity contribution >= 4 is 40.1 Å². The Bertz CT molecular complexity index is 920. The lowest BCUT2D eigenvalue weighted by molar-refractivity contribution is -0.121. The summed E-state index contributed by atoms with van der Waals surface area (Å²) in [6, 6.07) is 10.7. The van der Waals surface area contributed by atoms with E-state index in [-0.39, 0.29) is 18.4 Å². The molecule has 1 amide bonds. The van der Waals surface area contributed by atoms with Gasteiger partial charge in [0.1, 0.15) is 11.3 Å². The zero-order chi connectivity index (χ0) is 18.0. The lowest BCUT2D eigenvalue weighted by Gasteiger charge is -2.15. The molecule has 1 unspecified atom stereocenters. The molecule has 1 N–H and O–H groups in total. The molecular weight excluding hydrogens is 361 g/mol. The zero-order valence-electron chi connectivity index (χ0n) is 13.8. The second kappa shape index (κ2) is 7.38. The second-order valence-electron chi connectivity index (χ2n) is 5.76. The van der Waals surface area contributed by atoms with Gasteiger partial charge < -0.3 is 14.5 Å². The Balaban J connectivity index is 1.71. The summed E-state index contributed by atoms with van der Waals surface area (Å²) in [5, 5.41) is 4.82. The van der Waals surface area contributed by atoms with Crippen LogP contribution in [0.5, 0.6) is 5.75 Å². The van der Waals surface area contributed by atoms with Gasteiger partial charge in [-0.1, -0.05) is 29.3 Å². The van der Waals surface area contributed by atoms with Crippen LogP contribution in [0.4, 0.5) is 0 Å². The van der Waals surface area contributed by atoms with Crippen molar-refractivity contribution in [1.82, 2.24) is 5.32 Å². The van der Waals surface area contributed by atoms with E-state index in [1.54, 1.807) is 31.6 Å². The Morgan fingerprint density at radius 3 is 2.72 bits per heavy atom. The maximum atomic E-state index is 12.4. The van der Waals surface area contributed by atoms with Crippen LogP contribution in [0, 0.1) is 0 Å². The second-order valence-corrected chi connectivity index (χ2v) is 6.58. The maximum Gasteiger partial charge on any atom is 0.225 e. The number of carbonyl (C=O) groups excluding carboxylic acids is 1. The summed E-state index contributed by atoms with van der Waals surface area (Å²) in [7, 11) is 1.60. The third-order valence-electron chi connectivity index (χ3n) is 4.04. The average Bonchev–Trinajstić information content (AvgIpc) is 2.99. The summed E-state index contributed by atoms with van der Waals surface area (Å²) in [5.41, 5.74) is 2.42. The van der Waals surface area contributed by atoms with Gasteiger partial charge in [-0.15, -0.1) is 0 Å². The van der Waals surface area contributed by atoms with Crippen LogP contribution in [-0.4, -0.2) is 13.0 Å². The molecule has 0 spiro atoms. The van der Waals surface area contributed by atoms with Gasteiger partial charge >= 0.3 is 0 Å². The molecule has 0 bridgehead atoms. The fraction of sp³-hybridized carbons (Fsp3) is 0.211. The van der Waals surface area contributed by atoms with E-state index in [0.29, 0.717) is 21.4 Å².